The molecule has 100 valence electrons. The maximum Gasteiger partial charge on any atom is 0.131 e. The molecule has 0 aromatic heterocycles. The lowest BCUT2D eigenvalue weighted by molar-refractivity contribution is 0.626. The Morgan fingerprint density at radius 3 is 2.30 bits per heavy atom. The molecule has 0 fully saturated rings. The van der Waals surface area contributed by atoms with Gasteiger partial charge < -0.3 is 0 Å². The van der Waals surface area contributed by atoms with Crippen molar-refractivity contribution in [3.63, 3.8) is 0 Å². The molecule has 3 aromatic rings. The van der Waals surface area contributed by atoms with E-state index in [-0.39, 0.29) is 16.5 Å². The van der Waals surface area contributed by atoms with Gasteiger partial charge in [0.1, 0.15) is 11.6 Å². The average molecular weight is 333 g/mol. The van der Waals surface area contributed by atoms with Crippen molar-refractivity contribution in [2.75, 3.05) is 0 Å². The van der Waals surface area contributed by atoms with Gasteiger partial charge in [0.25, 0.3) is 0 Å². The zero-order valence-corrected chi connectivity index (χ0v) is 12.1. The molecule has 1 unspecified atom stereocenters. The first kappa shape index (κ1) is 13.3. The van der Waals surface area contributed by atoms with E-state index in [0.717, 1.165) is 16.5 Å². The number of benzene rings is 3. The number of halogens is 3. The molecular weight excluding hydrogens is 322 g/mol. The van der Waals surface area contributed by atoms with Crippen LogP contribution in [-0.2, 0) is 0 Å². The molecule has 0 saturated heterocycles. The minimum atomic E-state index is -0.279. The summed E-state index contributed by atoms with van der Waals surface area (Å²) in [5.41, 5.74) is 1.73. The Morgan fingerprint density at radius 2 is 1.55 bits per heavy atom. The third-order valence-electron chi connectivity index (χ3n) is 3.32. The predicted octanol–water partition coefficient (Wildman–Crippen LogP) is 5.60. The largest absolute Gasteiger partial charge is 0.207 e. The van der Waals surface area contributed by atoms with Crippen LogP contribution < -0.4 is 0 Å². The Bertz CT molecular complexity index is 768. The number of hydrogen-bond acceptors (Lipinski definition) is 0. The fourth-order valence-electron chi connectivity index (χ4n) is 2.35. The monoisotopic (exact) mass is 332 g/mol. The zero-order chi connectivity index (χ0) is 14.1. The third kappa shape index (κ3) is 2.34. The summed E-state index contributed by atoms with van der Waals surface area (Å²) in [6.07, 6.45) is 0. The molecule has 0 bridgehead atoms. The molecule has 0 radical (unpaired) electrons. The second-order valence-corrected chi connectivity index (χ2v) is 5.52. The van der Waals surface area contributed by atoms with E-state index in [1.54, 1.807) is 24.3 Å². The highest BCUT2D eigenvalue weighted by molar-refractivity contribution is 9.09. The summed E-state index contributed by atoms with van der Waals surface area (Å²) in [5.74, 6) is -0.526. The lowest BCUT2D eigenvalue weighted by Crippen LogP contribution is -1.96. The Kier molecular flexibility index (Phi) is 3.53. The van der Waals surface area contributed by atoms with Crippen LogP contribution in [0, 0.1) is 11.6 Å². The molecule has 0 aliphatic carbocycles. The molecule has 3 rings (SSSR count). The number of hydrogen-bond donors (Lipinski definition) is 0. The van der Waals surface area contributed by atoms with Crippen LogP contribution >= 0.6 is 15.9 Å². The summed E-state index contributed by atoms with van der Waals surface area (Å²) in [6, 6.07) is 16.9. The summed E-state index contributed by atoms with van der Waals surface area (Å²) >= 11 is 3.58. The highest BCUT2D eigenvalue weighted by Crippen LogP contribution is 2.36. The van der Waals surface area contributed by atoms with Crippen LogP contribution in [0.25, 0.3) is 10.8 Å². The van der Waals surface area contributed by atoms with Crippen LogP contribution in [0.3, 0.4) is 0 Å². The summed E-state index contributed by atoms with van der Waals surface area (Å²) < 4.78 is 27.2. The van der Waals surface area contributed by atoms with E-state index in [4.69, 9.17) is 0 Å². The van der Waals surface area contributed by atoms with Gasteiger partial charge in [0.15, 0.2) is 0 Å². The van der Waals surface area contributed by atoms with Crippen LogP contribution in [0.5, 0.6) is 0 Å². The molecule has 0 saturated carbocycles. The van der Waals surface area contributed by atoms with Gasteiger partial charge in [-0.3, -0.25) is 0 Å². The van der Waals surface area contributed by atoms with E-state index in [1.165, 1.54) is 18.2 Å². The van der Waals surface area contributed by atoms with Gasteiger partial charge in [-0.15, -0.1) is 0 Å². The summed E-state index contributed by atoms with van der Waals surface area (Å²) in [5, 5.41) is 1.41. The van der Waals surface area contributed by atoms with Crippen molar-refractivity contribution in [3.8, 4) is 0 Å². The van der Waals surface area contributed by atoms with Gasteiger partial charge >= 0.3 is 0 Å². The van der Waals surface area contributed by atoms with E-state index in [2.05, 4.69) is 15.9 Å². The maximum absolute atomic E-state index is 13.8. The topological polar surface area (TPSA) is 0 Å². The predicted molar refractivity (Wildman–Crippen MR) is 81.1 cm³/mol. The quantitative estimate of drug-likeness (QED) is 0.535. The summed E-state index contributed by atoms with van der Waals surface area (Å²) in [6.45, 7) is 0. The molecule has 0 heterocycles. The van der Waals surface area contributed by atoms with Gasteiger partial charge in [-0.1, -0.05) is 58.4 Å². The zero-order valence-electron chi connectivity index (χ0n) is 10.5. The highest BCUT2D eigenvalue weighted by Gasteiger charge is 2.15. The highest BCUT2D eigenvalue weighted by atomic mass is 79.9. The molecule has 3 aromatic carbocycles. The van der Waals surface area contributed by atoms with Gasteiger partial charge in [-0.2, -0.15) is 0 Å². The van der Waals surface area contributed by atoms with Crippen molar-refractivity contribution in [3.05, 3.63) is 83.4 Å². The fourth-order valence-corrected chi connectivity index (χ4v) is 3.03. The summed E-state index contributed by atoms with van der Waals surface area (Å²) in [7, 11) is 0. The van der Waals surface area contributed by atoms with E-state index < -0.39 is 0 Å². The lowest BCUT2D eigenvalue weighted by Gasteiger charge is -2.14. The smallest absolute Gasteiger partial charge is 0.131 e. The number of rotatable bonds is 2. The first-order valence-corrected chi connectivity index (χ1v) is 7.15. The molecule has 0 aliphatic heterocycles. The molecular formula is C17H11BrF2. The van der Waals surface area contributed by atoms with Gasteiger partial charge in [0.05, 0.1) is 4.83 Å². The van der Waals surface area contributed by atoms with Gasteiger partial charge in [0.2, 0.25) is 0 Å². The Labute approximate surface area is 124 Å². The maximum atomic E-state index is 13.8. The molecule has 20 heavy (non-hydrogen) atoms. The second kappa shape index (κ2) is 5.33. The third-order valence-corrected chi connectivity index (χ3v) is 4.34. The Morgan fingerprint density at radius 1 is 0.800 bits per heavy atom. The van der Waals surface area contributed by atoms with Crippen LogP contribution in [0.1, 0.15) is 16.0 Å². The SMILES string of the molecule is Fc1cccc(C(Br)c2ccc(F)c3ccccc23)c1. The first-order valence-electron chi connectivity index (χ1n) is 6.23. The molecule has 1 atom stereocenters. The van der Waals surface area contributed by atoms with Gasteiger partial charge in [-0.05, 0) is 34.7 Å². The molecule has 3 heteroatoms. The number of alkyl halides is 1. The molecule has 0 aliphatic rings. The van der Waals surface area contributed by atoms with Crippen molar-refractivity contribution in [1.29, 1.82) is 0 Å². The average Bonchev–Trinajstić information content (AvgIpc) is 2.47. The summed E-state index contributed by atoms with van der Waals surface area (Å²) in [4.78, 5) is -0.177. The molecule has 0 spiro atoms. The van der Waals surface area contributed by atoms with E-state index >= 15 is 0 Å². The van der Waals surface area contributed by atoms with Gasteiger partial charge in [-0.25, -0.2) is 8.78 Å². The number of fused-ring (bicyclic) bond motifs is 1. The van der Waals surface area contributed by atoms with Crippen molar-refractivity contribution >= 4 is 26.7 Å². The standard InChI is InChI=1S/C17H11BrF2/c18-17(11-4-3-5-12(19)10-11)15-8-9-16(20)14-7-2-1-6-13(14)15/h1-10,17H. The molecule has 0 nitrogen and oxygen atoms in total. The minimum absolute atomic E-state index is 0.177. The van der Waals surface area contributed by atoms with Crippen molar-refractivity contribution in [2.45, 2.75) is 4.83 Å². The van der Waals surface area contributed by atoms with Gasteiger partial charge in [0, 0.05) is 5.39 Å². The van der Waals surface area contributed by atoms with E-state index in [1.807, 2.05) is 18.2 Å². The molecule has 0 N–H and O–H groups in total. The van der Waals surface area contributed by atoms with Crippen LogP contribution in [0.15, 0.2) is 60.7 Å². The van der Waals surface area contributed by atoms with Crippen LogP contribution in [0.4, 0.5) is 8.78 Å². The molecule has 0 amide bonds. The van der Waals surface area contributed by atoms with E-state index in [0.29, 0.717) is 5.39 Å². The fraction of sp³-hybridized carbons (Fsp3) is 0.0588. The Hall–Kier alpha value is -1.74. The Balaban J connectivity index is 2.17. The van der Waals surface area contributed by atoms with Crippen molar-refractivity contribution in [1.82, 2.24) is 0 Å². The van der Waals surface area contributed by atoms with Crippen LogP contribution in [-0.4, -0.2) is 0 Å². The van der Waals surface area contributed by atoms with Crippen LogP contribution in [0.2, 0.25) is 0 Å². The lowest BCUT2D eigenvalue weighted by atomic mass is 9.98. The normalized spacial score (nSPS) is 12.6. The first-order chi connectivity index (χ1) is 9.66. The van der Waals surface area contributed by atoms with Crippen molar-refractivity contribution in [2.24, 2.45) is 0 Å². The second-order valence-electron chi connectivity index (χ2n) is 4.60. The van der Waals surface area contributed by atoms with Crippen molar-refractivity contribution < 1.29 is 8.78 Å². The van der Waals surface area contributed by atoms with E-state index in [9.17, 15) is 8.78 Å². The minimum Gasteiger partial charge on any atom is -0.207 e.